The van der Waals surface area contributed by atoms with Gasteiger partial charge in [-0.25, -0.2) is 0 Å². The SMILES string of the molecule is CCN(CCN1CCCCCC1)Cc1ccc(-c2ccn[nH]2)o1. The molecule has 2 aromatic rings. The average Bonchev–Trinajstić information content (AvgIpc) is 3.19. The summed E-state index contributed by atoms with van der Waals surface area (Å²) < 4.78 is 5.95. The van der Waals surface area contributed by atoms with Crippen LogP contribution in [0.5, 0.6) is 0 Å². The van der Waals surface area contributed by atoms with Crippen molar-refractivity contribution in [3.63, 3.8) is 0 Å². The molecule has 0 amide bonds. The first kappa shape index (κ1) is 16.3. The third-order valence-electron chi connectivity index (χ3n) is 4.69. The summed E-state index contributed by atoms with van der Waals surface area (Å²) in [5.41, 5.74) is 0.934. The summed E-state index contributed by atoms with van der Waals surface area (Å²) in [6.45, 7) is 8.96. The summed E-state index contributed by atoms with van der Waals surface area (Å²) in [6, 6.07) is 6.02. The molecule has 1 fully saturated rings. The Kier molecular flexibility index (Phi) is 5.88. The van der Waals surface area contributed by atoms with Crippen LogP contribution in [0, 0.1) is 0 Å². The highest BCUT2D eigenvalue weighted by molar-refractivity contribution is 5.51. The molecular weight excluding hydrogens is 288 g/mol. The number of nitrogens with zero attached hydrogens (tertiary/aromatic N) is 3. The predicted molar refractivity (Wildman–Crippen MR) is 92.1 cm³/mol. The number of nitrogens with one attached hydrogen (secondary N) is 1. The van der Waals surface area contributed by atoms with E-state index in [2.05, 4.69) is 33.0 Å². The normalized spacial score (nSPS) is 16.8. The molecule has 2 aromatic heterocycles. The van der Waals surface area contributed by atoms with Gasteiger partial charge in [-0.05, 0) is 50.7 Å². The summed E-state index contributed by atoms with van der Waals surface area (Å²) in [7, 11) is 0. The summed E-state index contributed by atoms with van der Waals surface area (Å²) in [4.78, 5) is 5.08. The quantitative estimate of drug-likeness (QED) is 0.851. The van der Waals surface area contributed by atoms with Gasteiger partial charge in [-0.2, -0.15) is 5.10 Å². The summed E-state index contributed by atoms with van der Waals surface area (Å²) in [5, 5.41) is 6.92. The van der Waals surface area contributed by atoms with E-state index in [9.17, 15) is 0 Å². The number of aromatic amines is 1. The largest absolute Gasteiger partial charge is 0.458 e. The van der Waals surface area contributed by atoms with Crippen LogP contribution >= 0.6 is 0 Å². The fraction of sp³-hybridized carbons (Fsp3) is 0.611. The molecule has 0 aliphatic carbocycles. The van der Waals surface area contributed by atoms with Crippen molar-refractivity contribution in [3.05, 3.63) is 30.2 Å². The number of furan rings is 1. The van der Waals surface area contributed by atoms with Crippen molar-refractivity contribution in [1.82, 2.24) is 20.0 Å². The summed E-state index contributed by atoms with van der Waals surface area (Å²) in [5.74, 6) is 1.88. The van der Waals surface area contributed by atoms with E-state index in [-0.39, 0.29) is 0 Å². The molecule has 0 atom stereocenters. The van der Waals surface area contributed by atoms with Gasteiger partial charge in [0, 0.05) is 19.3 Å². The van der Waals surface area contributed by atoms with Gasteiger partial charge in [-0.3, -0.25) is 10.00 Å². The van der Waals surface area contributed by atoms with Crippen LogP contribution in [0.3, 0.4) is 0 Å². The highest BCUT2D eigenvalue weighted by Crippen LogP contribution is 2.20. The van der Waals surface area contributed by atoms with E-state index in [0.29, 0.717) is 0 Å². The lowest BCUT2D eigenvalue weighted by atomic mass is 10.2. The summed E-state index contributed by atoms with van der Waals surface area (Å²) in [6.07, 6.45) is 7.26. The number of aromatic nitrogens is 2. The van der Waals surface area contributed by atoms with E-state index in [4.69, 9.17) is 4.42 Å². The van der Waals surface area contributed by atoms with E-state index in [1.54, 1.807) is 6.20 Å². The molecule has 0 unspecified atom stereocenters. The van der Waals surface area contributed by atoms with Gasteiger partial charge in [0.1, 0.15) is 11.5 Å². The van der Waals surface area contributed by atoms with Crippen LogP contribution in [-0.4, -0.2) is 52.7 Å². The molecule has 0 radical (unpaired) electrons. The molecule has 0 aromatic carbocycles. The molecule has 0 spiro atoms. The highest BCUT2D eigenvalue weighted by Gasteiger charge is 2.13. The minimum Gasteiger partial charge on any atom is -0.458 e. The van der Waals surface area contributed by atoms with Gasteiger partial charge >= 0.3 is 0 Å². The monoisotopic (exact) mass is 316 g/mol. The van der Waals surface area contributed by atoms with Crippen LogP contribution in [0.25, 0.3) is 11.5 Å². The first-order valence-corrected chi connectivity index (χ1v) is 8.88. The lowest BCUT2D eigenvalue weighted by Crippen LogP contribution is -2.35. The molecule has 0 bridgehead atoms. The highest BCUT2D eigenvalue weighted by atomic mass is 16.3. The molecule has 1 saturated heterocycles. The molecule has 5 heteroatoms. The lowest BCUT2D eigenvalue weighted by Gasteiger charge is -2.25. The number of hydrogen-bond donors (Lipinski definition) is 1. The zero-order valence-corrected chi connectivity index (χ0v) is 14.1. The lowest BCUT2D eigenvalue weighted by molar-refractivity contribution is 0.199. The number of hydrogen-bond acceptors (Lipinski definition) is 4. The number of rotatable bonds is 7. The van der Waals surface area contributed by atoms with Crippen molar-refractivity contribution in [2.45, 2.75) is 39.2 Å². The van der Waals surface area contributed by atoms with E-state index >= 15 is 0 Å². The van der Waals surface area contributed by atoms with Crippen molar-refractivity contribution in [2.24, 2.45) is 0 Å². The van der Waals surface area contributed by atoms with Crippen LogP contribution in [0.2, 0.25) is 0 Å². The molecule has 3 heterocycles. The maximum Gasteiger partial charge on any atom is 0.152 e. The molecular formula is C18H28N4O. The maximum atomic E-state index is 5.95. The maximum absolute atomic E-state index is 5.95. The predicted octanol–water partition coefficient (Wildman–Crippen LogP) is 3.37. The van der Waals surface area contributed by atoms with Crippen molar-refractivity contribution in [3.8, 4) is 11.5 Å². The van der Waals surface area contributed by atoms with E-state index < -0.39 is 0 Å². The first-order valence-electron chi connectivity index (χ1n) is 8.88. The van der Waals surface area contributed by atoms with Crippen LogP contribution < -0.4 is 0 Å². The Morgan fingerprint density at radius 3 is 2.70 bits per heavy atom. The van der Waals surface area contributed by atoms with E-state index in [0.717, 1.165) is 36.8 Å². The minimum atomic E-state index is 0.862. The van der Waals surface area contributed by atoms with Gasteiger partial charge in [0.2, 0.25) is 0 Å². The number of H-pyrrole nitrogens is 1. The molecule has 5 nitrogen and oxygen atoms in total. The fourth-order valence-corrected chi connectivity index (χ4v) is 3.21. The molecule has 1 aliphatic heterocycles. The Morgan fingerprint density at radius 1 is 1.17 bits per heavy atom. The van der Waals surface area contributed by atoms with Crippen molar-refractivity contribution in [1.29, 1.82) is 0 Å². The molecule has 23 heavy (non-hydrogen) atoms. The molecule has 1 N–H and O–H groups in total. The Morgan fingerprint density at radius 2 is 2.00 bits per heavy atom. The number of likely N-dealkylation sites (tertiary alicyclic amines) is 1. The van der Waals surface area contributed by atoms with Gasteiger partial charge in [0.15, 0.2) is 5.76 Å². The second-order valence-corrected chi connectivity index (χ2v) is 6.36. The van der Waals surface area contributed by atoms with Crippen LogP contribution in [0.1, 0.15) is 38.4 Å². The number of likely N-dealkylation sites (N-methyl/N-ethyl adjacent to an activating group) is 1. The Labute approximate surface area is 138 Å². The Bertz CT molecular complexity index is 555. The fourth-order valence-electron chi connectivity index (χ4n) is 3.21. The summed E-state index contributed by atoms with van der Waals surface area (Å²) >= 11 is 0. The zero-order chi connectivity index (χ0) is 15.9. The second kappa shape index (κ2) is 8.31. The van der Waals surface area contributed by atoms with E-state index in [1.165, 1.54) is 45.3 Å². The van der Waals surface area contributed by atoms with Crippen molar-refractivity contribution in [2.75, 3.05) is 32.7 Å². The minimum absolute atomic E-state index is 0.862. The third-order valence-corrected chi connectivity index (χ3v) is 4.69. The molecule has 3 rings (SSSR count). The Balaban J connectivity index is 1.50. The van der Waals surface area contributed by atoms with Gasteiger partial charge in [-0.15, -0.1) is 0 Å². The standard InChI is InChI=1S/C18H28N4O/c1-2-21(13-14-22-11-5-3-4-6-12-22)15-16-7-8-18(23-16)17-9-10-19-20-17/h7-10H,2-6,11-15H2,1H3,(H,19,20). The van der Waals surface area contributed by atoms with Gasteiger partial charge < -0.3 is 9.32 Å². The Hall–Kier alpha value is -1.59. The van der Waals surface area contributed by atoms with Crippen molar-refractivity contribution >= 4 is 0 Å². The van der Waals surface area contributed by atoms with Crippen LogP contribution in [0.4, 0.5) is 0 Å². The van der Waals surface area contributed by atoms with Gasteiger partial charge in [0.05, 0.1) is 6.54 Å². The van der Waals surface area contributed by atoms with Gasteiger partial charge in [0.25, 0.3) is 0 Å². The third kappa shape index (κ3) is 4.69. The zero-order valence-electron chi connectivity index (χ0n) is 14.1. The smallest absolute Gasteiger partial charge is 0.152 e. The topological polar surface area (TPSA) is 48.3 Å². The second-order valence-electron chi connectivity index (χ2n) is 6.36. The molecule has 126 valence electrons. The average molecular weight is 316 g/mol. The van der Waals surface area contributed by atoms with Crippen molar-refractivity contribution < 1.29 is 4.42 Å². The molecule has 1 aliphatic rings. The van der Waals surface area contributed by atoms with Crippen LogP contribution in [0.15, 0.2) is 28.8 Å². The van der Waals surface area contributed by atoms with Gasteiger partial charge in [-0.1, -0.05) is 19.8 Å². The first-order chi connectivity index (χ1) is 11.3. The van der Waals surface area contributed by atoms with Crippen LogP contribution in [-0.2, 0) is 6.54 Å². The molecule has 0 saturated carbocycles. The van der Waals surface area contributed by atoms with E-state index in [1.807, 2.05) is 12.1 Å².